The van der Waals surface area contributed by atoms with Gasteiger partial charge in [-0.05, 0) is 19.8 Å². The third-order valence-corrected chi connectivity index (χ3v) is 3.68. The van der Waals surface area contributed by atoms with E-state index in [0.29, 0.717) is 11.7 Å². The molecular weight excluding hydrogens is 280 g/mol. The molecule has 1 aliphatic heterocycles. The quantitative estimate of drug-likeness (QED) is 0.761. The predicted octanol–water partition coefficient (Wildman–Crippen LogP) is 0.313. The van der Waals surface area contributed by atoms with Gasteiger partial charge in [0.2, 0.25) is 15.9 Å². The third-order valence-electron chi connectivity index (χ3n) is 2.95. The monoisotopic (exact) mass is 300 g/mol. The molecule has 1 aromatic rings. The summed E-state index contributed by atoms with van der Waals surface area (Å²) in [5, 5.41) is 0. The predicted molar refractivity (Wildman–Crippen MR) is 76.6 cm³/mol. The molecule has 0 bridgehead atoms. The van der Waals surface area contributed by atoms with E-state index in [1.165, 1.54) is 12.8 Å². The average Bonchev–Trinajstić information content (AvgIpc) is 2.86. The van der Waals surface area contributed by atoms with Gasteiger partial charge in [-0.2, -0.15) is 4.98 Å². The van der Waals surface area contributed by atoms with Crippen LogP contribution < -0.4 is 14.4 Å². The highest BCUT2D eigenvalue weighted by molar-refractivity contribution is 7.88. The van der Waals surface area contributed by atoms with Gasteiger partial charge in [0.15, 0.2) is 0 Å². The minimum absolute atomic E-state index is 0.223. The zero-order valence-corrected chi connectivity index (χ0v) is 12.6. The van der Waals surface area contributed by atoms with Crippen LogP contribution in [0.15, 0.2) is 6.07 Å². The van der Waals surface area contributed by atoms with Crippen LogP contribution in [0.1, 0.15) is 18.7 Å². The van der Waals surface area contributed by atoms with Crippen molar-refractivity contribution in [2.45, 2.75) is 19.8 Å². The van der Waals surface area contributed by atoms with E-state index in [1.54, 1.807) is 6.07 Å². The lowest BCUT2D eigenvalue weighted by atomic mass is 10.4. The molecule has 8 heteroatoms. The number of sulfonamides is 1. The van der Waals surface area contributed by atoms with E-state index in [0.717, 1.165) is 25.2 Å². The second-order valence-electron chi connectivity index (χ2n) is 4.82. The van der Waals surface area contributed by atoms with Gasteiger partial charge in [-0.1, -0.05) is 0 Å². The zero-order chi connectivity index (χ0) is 14.6. The van der Waals surface area contributed by atoms with E-state index in [4.69, 9.17) is 4.74 Å². The summed E-state index contributed by atoms with van der Waals surface area (Å²) in [4.78, 5) is 10.8. The van der Waals surface area contributed by atoms with Crippen molar-refractivity contribution in [1.29, 1.82) is 0 Å². The lowest BCUT2D eigenvalue weighted by molar-refractivity contribution is 0.309. The van der Waals surface area contributed by atoms with Gasteiger partial charge in [-0.25, -0.2) is 18.1 Å². The summed E-state index contributed by atoms with van der Waals surface area (Å²) in [7, 11) is -3.18. The largest absolute Gasteiger partial charge is 0.476 e. The van der Waals surface area contributed by atoms with Gasteiger partial charge in [0.05, 0.1) is 6.26 Å². The van der Waals surface area contributed by atoms with Crippen LogP contribution in [-0.4, -0.2) is 50.9 Å². The Kier molecular flexibility index (Phi) is 4.77. The molecule has 0 atom stereocenters. The number of nitrogens with one attached hydrogen (secondary N) is 1. The van der Waals surface area contributed by atoms with Gasteiger partial charge in [0, 0.05) is 25.7 Å². The molecule has 0 amide bonds. The SMILES string of the molecule is Cc1nc(OCCNS(C)(=O)=O)cc(N2CCCC2)n1. The molecular formula is C12H20N4O3S. The highest BCUT2D eigenvalue weighted by Crippen LogP contribution is 2.21. The smallest absolute Gasteiger partial charge is 0.218 e. The first-order valence-corrected chi connectivity index (χ1v) is 8.51. The summed E-state index contributed by atoms with van der Waals surface area (Å²) in [6, 6.07) is 1.80. The maximum absolute atomic E-state index is 10.9. The molecule has 2 rings (SSSR count). The van der Waals surface area contributed by atoms with Crippen molar-refractivity contribution in [2.24, 2.45) is 0 Å². The number of hydrogen-bond donors (Lipinski definition) is 1. The van der Waals surface area contributed by atoms with Crippen molar-refractivity contribution in [3.8, 4) is 5.88 Å². The van der Waals surface area contributed by atoms with E-state index in [1.807, 2.05) is 6.92 Å². The second-order valence-corrected chi connectivity index (χ2v) is 6.65. The first-order chi connectivity index (χ1) is 9.44. The topological polar surface area (TPSA) is 84.4 Å². The molecule has 0 radical (unpaired) electrons. The molecule has 1 fully saturated rings. The number of nitrogens with zero attached hydrogens (tertiary/aromatic N) is 3. The van der Waals surface area contributed by atoms with Crippen molar-refractivity contribution in [3.05, 3.63) is 11.9 Å². The highest BCUT2D eigenvalue weighted by atomic mass is 32.2. The van der Waals surface area contributed by atoms with Crippen LogP contribution in [0.3, 0.4) is 0 Å². The number of aromatic nitrogens is 2. The molecule has 1 aliphatic rings. The van der Waals surface area contributed by atoms with Crippen molar-refractivity contribution in [2.75, 3.05) is 37.4 Å². The molecule has 0 aromatic carbocycles. The van der Waals surface area contributed by atoms with Gasteiger partial charge in [0.25, 0.3) is 0 Å². The number of anilines is 1. The van der Waals surface area contributed by atoms with Gasteiger partial charge >= 0.3 is 0 Å². The maximum atomic E-state index is 10.9. The van der Waals surface area contributed by atoms with Crippen molar-refractivity contribution in [1.82, 2.24) is 14.7 Å². The second kappa shape index (κ2) is 6.36. The van der Waals surface area contributed by atoms with Crippen LogP contribution in [0.2, 0.25) is 0 Å². The minimum atomic E-state index is -3.18. The first-order valence-electron chi connectivity index (χ1n) is 6.62. The van der Waals surface area contributed by atoms with Gasteiger partial charge in [-0.15, -0.1) is 0 Å². The van der Waals surface area contributed by atoms with Crippen molar-refractivity contribution in [3.63, 3.8) is 0 Å². The fourth-order valence-corrected chi connectivity index (χ4v) is 2.54. The Balaban J connectivity index is 1.94. The van der Waals surface area contributed by atoms with Crippen LogP contribution in [0.5, 0.6) is 5.88 Å². The highest BCUT2D eigenvalue weighted by Gasteiger charge is 2.15. The summed E-state index contributed by atoms with van der Waals surface area (Å²) >= 11 is 0. The molecule has 0 unspecified atom stereocenters. The Bertz CT molecular complexity index is 556. The minimum Gasteiger partial charge on any atom is -0.476 e. The Hall–Kier alpha value is -1.41. The number of ether oxygens (including phenoxy) is 1. The van der Waals surface area contributed by atoms with Crippen molar-refractivity contribution >= 4 is 15.8 Å². The van der Waals surface area contributed by atoms with E-state index < -0.39 is 10.0 Å². The molecule has 1 saturated heterocycles. The Labute approximate surface area is 119 Å². The fourth-order valence-electron chi connectivity index (χ4n) is 2.09. The summed E-state index contributed by atoms with van der Waals surface area (Å²) in [5.41, 5.74) is 0. The van der Waals surface area contributed by atoms with Gasteiger partial charge < -0.3 is 9.64 Å². The molecule has 0 spiro atoms. The molecule has 2 heterocycles. The molecule has 0 aliphatic carbocycles. The molecule has 1 aromatic heterocycles. The van der Waals surface area contributed by atoms with Gasteiger partial charge in [-0.3, -0.25) is 0 Å². The Morgan fingerprint density at radius 1 is 1.35 bits per heavy atom. The third kappa shape index (κ3) is 4.61. The Morgan fingerprint density at radius 2 is 2.05 bits per heavy atom. The Morgan fingerprint density at radius 3 is 2.70 bits per heavy atom. The molecule has 112 valence electrons. The van der Waals surface area contributed by atoms with Crippen LogP contribution in [0, 0.1) is 6.92 Å². The first kappa shape index (κ1) is 15.0. The fraction of sp³-hybridized carbons (Fsp3) is 0.667. The molecule has 1 N–H and O–H groups in total. The number of hydrogen-bond acceptors (Lipinski definition) is 6. The zero-order valence-electron chi connectivity index (χ0n) is 11.8. The van der Waals surface area contributed by atoms with E-state index in [-0.39, 0.29) is 13.2 Å². The van der Waals surface area contributed by atoms with Crippen LogP contribution in [0.25, 0.3) is 0 Å². The molecule has 0 saturated carbocycles. The van der Waals surface area contributed by atoms with Crippen molar-refractivity contribution < 1.29 is 13.2 Å². The summed E-state index contributed by atoms with van der Waals surface area (Å²) in [5.74, 6) is 2.01. The summed E-state index contributed by atoms with van der Waals surface area (Å²) < 4.78 is 29.7. The summed E-state index contributed by atoms with van der Waals surface area (Å²) in [6.45, 7) is 4.29. The molecule has 20 heavy (non-hydrogen) atoms. The van der Waals surface area contributed by atoms with Crippen LogP contribution >= 0.6 is 0 Å². The van der Waals surface area contributed by atoms with Crippen LogP contribution in [-0.2, 0) is 10.0 Å². The van der Waals surface area contributed by atoms with E-state index in [2.05, 4.69) is 19.6 Å². The summed E-state index contributed by atoms with van der Waals surface area (Å²) in [6.07, 6.45) is 3.47. The normalized spacial score (nSPS) is 15.6. The maximum Gasteiger partial charge on any atom is 0.218 e. The average molecular weight is 300 g/mol. The number of rotatable bonds is 6. The lowest BCUT2D eigenvalue weighted by Crippen LogP contribution is -2.27. The lowest BCUT2D eigenvalue weighted by Gasteiger charge is -2.17. The van der Waals surface area contributed by atoms with Crippen LogP contribution in [0.4, 0.5) is 5.82 Å². The van der Waals surface area contributed by atoms with E-state index >= 15 is 0 Å². The number of aryl methyl sites for hydroxylation is 1. The standard InChI is InChI=1S/C12H20N4O3S/c1-10-14-11(16-6-3-4-7-16)9-12(15-10)19-8-5-13-20(2,17)18/h9,13H,3-8H2,1-2H3. The van der Waals surface area contributed by atoms with E-state index in [9.17, 15) is 8.42 Å². The molecule has 7 nitrogen and oxygen atoms in total. The van der Waals surface area contributed by atoms with Gasteiger partial charge in [0.1, 0.15) is 18.2 Å².